The molecule has 1 saturated carbocycles. The Morgan fingerprint density at radius 1 is 0.875 bits per heavy atom. The number of halogens is 2. The minimum absolute atomic E-state index is 0.0701. The first-order valence-electron chi connectivity index (χ1n) is 11.0. The quantitative estimate of drug-likeness (QED) is 0.432. The lowest BCUT2D eigenvalue weighted by atomic mass is 9.59. The van der Waals surface area contributed by atoms with Gasteiger partial charge in [0.2, 0.25) is 0 Å². The van der Waals surface area contributed by atoms with E-state index in [4.69, 9.17) is 23.2 Å². The number of hydrogen-bond donors (Lipinski definition) is 2. The van der Waals surface area contributed by atoms with E-state index in [0.29, 0.717) is 23.8 Å². The summed E-state index contributed by atoms with van der Waals surface area (Å²) < 4.78 is 0. The molecular weight excluding hydrogens is 441 g/mol. The van der Waals surface area contributed by atoms with Crippen molar-refractivity contribution in [1.29, 1.82) is 0 Å². The van der Waals surface area contributed by atoms with Crippen molar-refractivity contribution < 1.29 is 9.90 Å². The fourth-order valence-corrected chi connectivity index (χ4v) is 6.21. The molecule has 2 aliphatic rings. The molecule has 5 rings (SSSR count). The van der Waals surface area contributed by atoms with Crippen LogP contribution < -0.4 is 5.32 Å². The number of aliphatic carboxylic acids is 1. The smallest absolute Gasteiger partial charge is 0.329 e. The largest absolute Gasteiger partial charge is 0.480 e. The molecule has 3 nitrogen and oxygen atoms in total. The van der Waals surface area contributed by atoms with Crippen LogP contribution >= 0.6 is 23.2 Å². The van der Waals surface area contributed by atoms with Crippen molar-refractivity contribution in [2.45, 2.75) is 49.0 Å². The Kier molecular flexibility index (Phi) is 5.43. The Hall–Kier alpha value is -2.49. The highest BCUT2D eigenvalue weighted by Gasteiger charge is 2.54. The van der Waals surface area contributed by atoms with E-state index >= 15 is 0 Å². The fourth-order valence-electron chi connectivity index (χ4n) is 5.89. The van der Waals surface area contributed by atoms with Crippen LogP contribution in [0.3, 0.4) is 0 Å². The Balaban J connectivity index is 1.50. The molecule has 2 N–H and O–H groups in total. The maximum absolute atomic E-state index is 12.5. The average molecular weight is 466 g/mol. The highest BCUT2D eigenvalue weighted by Crippen LogP contribution is 2.58. The highest BCUT2D eigenvalue weighted by atomic mass is 35.5. The van der Waals surface area contributed by atoms with Gasteiger partial charge in [-0.2, -0.15) is 0 Å². The van der Waals surface area contributed by atoms with Gasteiger partial charge in [-0.3, -0.25) is 0 Å². The fraction of sp³-hybridized carbons (Fsp3) is 0.296. The minimum Gasteiger partial charge on any atom is -0.480 e. The van der Waals surface area contributed by atoms with Gasteiger partial charge < -0.3 is 10.4 Å². The summed E-state index contributed by atoms with van der Waals surface area (Å²) in [6.07, 6.45) is 3.68. The topological polar surface area (TPSA) is 49.3 Å². The third-order valence-electron chi connectivity index (χ3n) is 7.53. The molecule has 2 aliphatic carbocycles. The summed E-state index contributed by atoms with van der Waals surface area (Å²) in [7, 11) is 0. The monoisotopic (exact) mass is 465 g/mol. The molecule has 164 valence electrons. The zero-order valence-corrected chi connectivity index (χ0v) is 19.2. The summed E-state index contributed by atoms with van der Waals surface area (Å²) in [5, 5.41) is 14.9. The van der Waals surface area contributed by atoms with Gasteiger partial charge >= 0.3 is 5.97 Å². The molecule has 1 spiro atoms. The summed E-state index contributed by atoms with van der Waals surface area (Å²) in [4.78, 5) is 12.5. The third kappa shape index (κ3) is 3.58. The molecule has 0 bridgehead atoms. The normalized spacial score (nSPS) is 26.6. The molecule has 5 heteroatoms. The van der Waals surface area contributed by atoms with Gasteiger partial charge in [-0.15, -0.1) is 0 Å². The van der Waals surface area contributed by atoms with Crippen LogP contribution in [0.15, 0.2) is 72.8 Å². The Bertz CT molecular complexity index is 1150. The third-order valence-corrected chi connectivity index (χ3v) is 8.02. The van der Waals surface area contributed by atoms with Gasteiger partial charge in [-0.05, 0) is 85.0 Å². The SMILES string of the molecule is O=C(O)C1(Nc2cccc(Cl)c2)CCC2(CC1)c1ccccc1CC2c1ccc(Cl)cc1. The van der Waals surface area contributed by atoms with Crippen LogP contribution in [-0.4, -0.2) is 16.6 Å². The maximum Gasteiger partial charge on any atom is 0.329 e. The molecular formula is C27H25Cl2NO2. The Labute approximate surface area is 198 Å². The second kappa shape index (κ2) is 8.13. The first kappa shape index (κ1) is 21.4. The van der Waals surface area contributed by atoms with E-state index in [9.17, 15) is 9.90 Å². The Morgan fingerprint density at radius 3 is 2.28 bits per heavy atom. The molecule has 32 heavy (non-hydrogen) atoms. The molecule has 0 aliphatic heterocycles. The lowest BCUT2D eigenvalue weighted by Crippen LogP contribution is -2.52. The van der Waals surface area contributed by atoms with Gasteiger partial charge in [-0.25, -0.2) is 4.79 Å². The van der Waals surface area contributed by atoms with E-state index in [-0.39, 0.29) is 5.41 Å². The maximum atomic E-state index is 12.5. The molecule has 3 aromatic carbocycles. The summed E-state index contributed by atoms with van der Waals surface area (Å²) in [6, 6.07) is 24.1. The molecule has 0 heterocycles. The zero-order valence-electron chi connectivity index (χ0n) is 17.7. The van der Waals surface area contributed by atoms with Gasteiger partial charge in [0, 0.05) is 21.1 Å². The Morgan fingerprint density at radius 2 is 1.59 bits per heavy atom. The van der Waals surface area contributed by atoms with Crippen LogP contribution in [0, 0.1) is 0 Å². The predicted octanol–water partition coefficient (Wildman–Crippen LogP) is 7.08. The zero-order chi connectivity index (χ0) is 22.3. The van der Waals surface area contributed by atoms with Gasteiger partial charge in [0.15, 0.2) is 0 Å². The van der Waals surface area contributed by atoms with Crippen LogP contribution in [0.25, 0.3) is 0 Å². The number of nitrogens with one attached hydrogen (secondary N) is 1. The summed E-state index contributed by atoms with van der Waals surface area (Å²) in [5.41, 5.74) is 3.70. The second-order valence-corrected chi connectivity index (χ2v) is 10.0. The van der Waals surface area contributed by atoms with Crippen molar-refractivity contribution in [3.05, 3.63) is 99.5 Å². The summed E-state index contributed by atoms with van der Waals surface area (Å²) in [5.74, 6) is -0.489. The average Bonchev–Trinajstić information content (AvgIpc) is 3.10. The number of carboxylic acids is 1. The second-order valence-electron chi connectivity index (χ2n) is 9.14. The molecule has 1 fully saturated rings. The van der Waals surface area contributed by atoms with Crippen molar-refractivity contribution in [3.63, 3.8) is 0 Å². The number of fused-ring (bicyclic) bond motifs is 2. The first-order valence-corrected chi connectivity index (χ1v) is 11.8. The number of rotatable bonds is 4. The van der Waals surface area contributed by atoms with Crippen LogP contribution in [-0.2, 0) is 16.6 Å². The van der Waals surface area contributed by atoms with Crippen molar-refractivity contribution >= 4 is 34.9 Å². The van der Waals surface area contributed by atoms with E-state index in [2.05, 4.69) is 41.7 Å². The van der Waals surface area contributed by atoms with E-state index in [1.165, 1.54) is 16.7 Å². The number of carboxylic acid groups (broad SMARTS) is 1. The van der Waals surface area contributed by atoms with E-state index in [1.807, 2.05) is 24.3 Å². The molecule has 0 amide bonds. The minimum atomic E-state index is -1.00. The first-order chi connectivity index (χ1) is 15.4. The molecule has 3 aromatic rings. The summed E-state index contributed by atoms with van der Waals surface area (Å²) in [6.45, 7) is 0. The van der Waals surface area contributed by atoms with Crippen molar-refractivity contribution in [2.75, 3.05) is 5.32 Å². The van der Waals surface area contributed by atoms with E-state index < -0.39 is 11.5 Å². The molecule has 1 atom stereocenters. The lowest BCUT2D eigenvalue weighted by Gasteiger charge is -2.47. The van der Waals surface area contributed by atoms with Gasteiger partial charge in [0.05, 0.1) is 0 Å². The summed E-state index contributed by atoms with van der Waals surface area (Å²) >= 11 is 12.3. The number of benzene rings is 3. The van der Waals surface area contributed by atoms with Crippen LogP contribution in [0.5, 0.6) is 0 Å². The number of hydrogen-bond acceptors (Lipinski definition) is 2. The highest BCUT2D eigenvalue weighted by molar-refractivity contribution is 6.31. The molecule has 0 saturated heterocycles. The van der Waals surface area contributed by atoms with Crippen LogP contribution in [0.4, 0.5) is 5.69 Å². The van der Waals surface area contributed by atoms with Crippen LogP contribution in [0.1, 0.15) is 48.3 Å². The molecule has 0 radical (unpaired) electrons. The van der Waals surface area contributed by atoms with Gasteiger partial charge in [0.25, 0.3) is 0 Å². The van der Waals surface area contributed by atoms with Gasteiger partial charge in [-0.1, -0.05) is 65.7 Å². The number of carbonyl (C=O) groups is 1. The van der Waals surface area contributed by atoms with E-state index in [0.717, 1.165) is 30.0 Å². The predicted molar refractivity (Wildman–Crippen MR) is 130 cm³/mol. The van der Waals surface area contributed by atoms with Crippen molar-refractivity contribution in [3.8, 4) is 0 Å². The lowest BCUT2D eigenvalue weighted by molar-refractivity contribution is -0.144. The molecule has 1 unspecified atom stereocenters. The standard InChI is InChI=1S/C27H25Cl2NO2/c28-20-10-8-18(9-11-20)24-16-19-4-1-2-7-23(19)26(24)12-14-27(15-13-26,25(31)32)30-22-6-3-5-21(29)17-22/h1-11,17,24,30H,12-16H2,(H,31,32). The van der Waals surface area contributed by atoms with E-state index in [1.54, 1.807) is 12.1 Å². The van der Waals surface area contributed by atoms with Gasteiger partial charge in [0.1, 0.15) is 5.54 Å². The van der Waals surface area contributed by atoms with Crippen molar-refractivity contribution in [2.24, 2.45) is 0 Å². The van der Waals surface area contributed by atoms with Crippen LogP contribution in [0.2, 0.25) is 10.0 Å². The number of anilines is 1. The molecule has 0 aromatic heterocycles. The van der Waals surface area contributed by atoms with Crippen molar-refractivity contribution in [1.82, 2.24) is 0 Å².